The highest BCUT2D eigenvalue weighted by Crippen LogP contribution is 2.19. The van der Waals surface area contributed by atoms with Crippen LogP contribution in [0.1, 0.15) is 5.56 Å². The Balaban J connectivity index is 2.05. The summed E-state index contributed by atoms with van der Waals surface area (Å²) in [7, 11) is 3.05. The summed E-state index contributed by atoms with van der Waals surface area (Å²) in [4.78, 5) is 29.5. The molecule has 0 amide bonds. The first kappa shape index (κ1) is 20.3. The number of hydrogen-bond acceptors (Lipinski definition) is 6. The molecule has 0 radical (unpaired) electrons. The summed E-state index contributed by atoms with van der Waals surface area (Å²) in [6.45, 7) is 1.44. The average Bonchev–Trinajstić information content (AvgIpc) is 3.04. The molecule has 3 rings (SSSR count). The lowest BCUT2D eigenvalue weighted by atomic mass is 10.2. The quantitative estimate of drug-likeness (QED) is 0.487. The second-order valence-corrected chi connectivity index (χ2v) is 7.20. The van der Waals surface area contributed by atoms with Gasteiger partial charge < -0.3 is 15.2 Å². The van der Waals surface area contributed by atoms with Crippen molar-refractivity contribution >= 4 is 33.0 Å². The molecule has 0 bridgehead atoms. The summed E-state index contributed by atoms with van der Waals surface area (Å²) in [5.41, 5.74) is 0.837. The molecule has 0 aliphatic heterocycles. The number of anilines is 1. The smallest absolute Gasteiger partial charge is 0.332 e. The van der Waals surface area contributed by atoms with Crippen LogP contribution in [0.25, 0.3) is 11.2 Å². The molecule has 0 atom stereocenters. The van der Waals surface area contributed by atoms with E-state index in [-0.39, 0.29) is 13.2 Å². The number of halogens is 1. The van der Waals surface area contributed by atoms with Crippen molar-refractivity contribution in [2.45, 2.75) is 6.54 Å². The van der Waals surface area contributed by atoms with Gasteiger partial charge in [0.05, 0.1) is 26.4 Å². The summed E-state index contributed by atoms with van der Waals surface area (Å²) in [6, 6.07) is 7.77. The van der Waals surface area contributed by atoms with E-state index in [1.165, 1.54) is 11.6 Å². The van der Waals surface area contributed by atoms with Crippen molar-refractivity contribution in [3.05, 3.63) is 55.1 Å². The normalized spacial score (nSPS) is 11.3. The summed E-state index contributed by atoms with van der Waals surface area (Å²) in [5.74, 6) is 0.476. The van der Waals surface area contributed by atoms with Gasteiger partial charge >= 0.3 is 5.69 Å². The van der Waals surface area contributed by atoms with E-state index in [9.17, 15) is 9.59 Å². The van der Waals surface area contributed by atoms with Gasteiger partial charge in [0.15, 0.2) is 11.2 Å². The van der Waals surface area contributed by atoms with E-state index in [0.717, 1.165) is 14.6 Å². The molecule has 0 aliphatic rings. The Hall–Kier alpha value is -2.43. The molecule has 2 aromatic heterocycles. The Labute approximate surface area is 169 Å². The number of nitrogens with one attached hydrogen (secondary N) is 1. The van der Waals surface area contributed by atoms with Crippen LogP contribution < -0.4 is 16.6 Å². The van der Waals surface area contributed by atoms with Gasteiger partial charge in [0.2, 0.25) is 5.95 Å². The highest BCUT2D eigenvalue weighted by Gasteiger charge is 2.19. The van der Waals surface area contributed by atoms with Crippen molar-refractivity contribution in [2.24, 2.45) is 14.1 Å². The molecule has 28 heavy (non-hydrogen) atoms. The van der Waals surface area contributed by atoms with Crippen molar-refractivity contribution < 1.29 is 9.84 Å². The molecule has 0 fully saturated rings. The average molecular weight is 452 g/mol. The molecular weight excluding hydrogens is 430 g/mol. The number of aryl methyl sites for hydroxylation is 1. The Morgan fingerprint density at radius 3 is 2.54 bits per heavy atom. The van der Waals surface area contributed by atoms with E-state index in [2.05, 4.69) is 26.2 Å². The summed E-state index contributed by atoms with van der Waals surface area (Å²) in [6.07, 6.45) is 0. The second kappa shape index (κ2) is 8.72. The number of nitrogens with zero attached hydrogens (tertiary/aromatic N) is 4. The van der Waals surface area contributed by atoms with E-state index in [1.54, 1.807) is 11.6 Å². The van der Waals surface area contributed by atoms with Crippen molar-refractivity contribution in [3.63, 3.8) is 0 Å². The molecule has 0 saturated carbocycles. The minimum Gasteiger partial charge on any atom is -0.394 e. The highest BCUT2D eigenvalue weighted by atomic mass is 79.9. The summed E-state index contributed by atoms with van der Waals surface area (Å²) < 4.78 is 10.4. The van der Waals surface area contributed by atoms with Gasteiger partial charge in [-0.2, -0.15) is 4.98 Å². The number of hydrogen-bond donors (Lipinski definition) is 2. The molecule has 0 unspecified atom stereocenters. The van der Waals surface area contributed by atoms with E-state index >= 15 is 0 Å². The van der Waals surface area contributed by atoms with Crippen LogP contribution >= 0.6 is 15.9 Å². The third kappa shape index (κ3) is 4.03. The van der Waals surface area contributed by atoms with Gasteiger partial charge in [0.1, 0.15) is 0 Å². The monoisotopic (exact) mass is 451 g/mol. The van der Waals surface area contributed by atoms with E-state index in [4.69, 9.17) is 9.84 Å². The largest absolute Gasteiger partial charge is 0.394 e. The minimum absolute atomic E-state index is 0.0414. The summed E-state index contributed by atoms with van der Waals surface area (Å²) in [5, 5.41) is 11.9. The van der Waals surface area contributed by atoms with E-state index in [0.29, 0.717) is 36.8 Å². The summed E-state index contributed by atoms with van der Waals surface area (Å²) >= 11 is 3.42. The van der Waals surface area contributed by atoms with Crippen LogP contribution in [0.3, 0.4) is 0 Å². The number of aliphatic hydroxyl groups excluding tert-OH is 1. The number of aromatic nitrogens is 4. The van der Waals surface area contributed by atoms with Gasteiger partial charge in [-0.1, -0.05) is 28.1 Å². The van der Waals surface area contributed by atoms with Gasteiger partial charge in [-0.15, -0.1) is 0 Å². The van der Waals surface area contributed by atoms with Gasteiger partial charge in [-0.05, 0) is 17.7 Å². The van der Waals surface area contributed by atoms with Crippen LogP contribution in [0.4, 0.5) is 5.95 Å². The Bertz CT molecular complexity index is 1080. The fraction of sp³-hybridized carbons (Fsp3) is 0.389. The topological polar surface area (TPSA) is 103 Å². The predicted octanol–water partition coefficient (Wildman–Crippen LogP) is 0.665. The third-order valence-electron chi connectivity index (χ3n) is 4.37. The zero-order valence-electron chi connectivity index (χ0n) is 15.7. The van der Waals surface area contributed by atoms with Crippen LogP contribution in [0.15, 0.2) is 38.3 Å². The first-order chi connectivity index (χ1) is 13.4. The molecule has 2 heterocycles. The first-order valence-corrected chi connectivity index (χ1v) is 9.56. The lowest BCUT2D eigenvalue weighted by molar-refractivity contribution is 0.0991. The molecule has 9 nitrogen and oxygen atoms in total. The van der Waals surface area contributed by atoms with Gasteiger partial charge in [0, 0.05) is 25.1 Å². The maximum Gasteiger partial charge on any atom is 0.332 e. The van der Waals surface area contributed by atoms with Crippen LogP contribution in [-0.4, -0.2) is 50.2 Å². The maximum atomic E-state index is 12.8. The van der Waals surface area contributed by atoms with Gasteiger partial charge in [0.25, 0.3) is 5.56 Å². The molecule has 150 valence electrons. The fourth-order valence-electron chi connectivity index (χ4n) is 2.91. The van der Waals surface area contributed by atoms with Crippen LogP contribution in [0.5, 0.6) is 0 Å². The number of ether oxygens (including phenoxy) is 1. The fourth-order valence-corrected chi connectivity index (χ4v) is 3.17. The number of rotatable bonds is 8. The zero-order chi connectivity index (χ0) is 20.3. The Kier molecular flexibility index (Phi) is 6.32. The maximum absolute atomic E-state index is 12.8. The SMILES string of the molecule is Cn1c(=O)c2c(nc(NCCOCCO)n2Cc2ccc(Br)cc2)n(C)c1=O. The molecule has 0 saturated heterocycles. The molecule has 10 heteroatoms. The predicted molar refractivity (Wildman–Crippen MR) is 110 cm³/mol. The van der Waals surface area contributed by atoms with E-state index < -0.39 is 11.2 Å². The highest BCUT2D eigenvalue weighted by molar-refractivity contribution is 9.10. The number of aliphatic hydroxyl groups is 1. The van der Waals surface area contributed by atoms with Crippen molar-refractivity contribution in [3.8, 4) is 0 Å². The first-order valence-electron chi connectivity index (χ1n) is 8.77. The Morgan fingerprint density at radius 2 is 1.86 bits per heavy atom. The van der Waals surface area contributed by atoms with Crippen molar-refractivity contribution in [1.82, 2.24) is 18.7 Å². The number of fused-ring (bicyclic) bond motifs is 1. The van der Waals surface area contributed by atoms with Crippen LogP contribution in [-0.2, 0) is 25.4 Å². The molecule has 0 aliphatic carbocycles. The molecule has 3 aromatic rings. The lowest BCUT2D eigenvalue weighted by Crippen LogP contribution is -2.37. The Morgan fingerprint density at radius 1 is 1.14 bits per heavy atom. The molecule has 2 N–H and O–H groups in total. The third-order valence-corrected chi connectivity index (χ3v) is 4.90. The molecular formula is C18H22BrN5O4. The van der Waals surface area contributed by atoms with E-state index in [1.807, 2.05) is 24.3 Å². The van der Waals surface area contributed by atoms with Gasteiger partial charge in [-0.25, -0.2) is 4.79 Å². The van der Waals surface area contributed by atoms with Crippen molar-refractivity contribution in [2.75, 3.05) is 31.7 Å². The van der Waals surface area contributed by atoms with Crippen molar-refractivity contribution in [1.29, 1.82) is 0 Å². The number of benzene rings is 1. The molecule has 0 spiro atoms. The lowest BCUT2D eigenvalue weighted by Gasteiger charge is -2.11. The standard InChI is InChI=1S/C18H22BrN5O4/c1-22-15-14(16(26)23(2)18(22)27)24(11-12-3-5-13(19)6-4-12)17(21-15)20-7-9-28-10-8-25/h3-6,25H,7-11H2,1-2H3,(H,20,21). The number of imidazole rings is 1. The zero-order valence-corrected chi connectivity index (χ0v) is 17.3. The molecule has 1 aromatic carbocycles. The van der Waals surface area contributed by atoms with Gasteiger partial charge in [-0.3, -0.25) is 18.5 Å². The van der Waals surface area contributed by atoms with Crippen LogP contribution in [0.2, 0.25) is 0 Å². The second-order valence-electron chi connectivity index (χ2n) is 6.29. The van der Waals surface area contributed by atoms with Crippen LogP contribution in [0, 0.1) is 0 Å². The minimum atomic E-state index is -0.427.